The summed E-state index contributed by atoms with van der Waals surface area (Å²) in [6.07, 6.45) is 0. The van der Waals surface area contributed by atoms with Crippen molar-refractivity contribution in [3.8, 4) is 11.5 Å². The molecule has 0 amide bonds. The molecular formula is C11H12IN3O. The van der Waals surface area contributed by atoms with Crippen molar-refractivity contribution >= 4 is 22.6 Å². The maximum atomic E-state index is 5.56. The number of aryl methyl sites for hydroxylation is 1. The minimum atomic E-state index is 0.582. The van der Waals surface area contributed by atoms with Gasteiger partial charge in [0, 0.05) is 3.57 Å². The molecule has 2 aromatic rings. The Morgan fingerprint density at radius 2 is 2.19 bits per heavy atom. The Labute approximate surface area is 108 Å². The van der Waals surface area contributed by atoms with E-state index >= 15 is 0 Å². The van der Waals surface area contributed by atoms with Gasteiger partial charge in [0.2, 0.25) is 11.8 Å². The Hall–Kier alpha value is -0.950. The molecule has 0 aliphatic carbocycles. The zero-order valence-electron chi connectivity index (χ0n) is 9.12. The molecule has 0 saturated heterocycles. The third-order valence-electron chi connectivity index (χ3n) is 2.22. The monoisotopic (exact) mass is 329 g/mol. The minimum absolute atomic E-state index is 0.582. The highest BCUT2D eigenvalue weighted by Gasteiger charge is 2.11. The van der Waals surface area contributed by atoms with Gasteiger partial charge in [-0.2, -0.15) is 0 Å². The Bertz CT molecular complexity index is 496. The van der Waals surface area contributed by atoms with Crippen LogP contribution in [-0.2, 0) is 6.54 Å². The van der Waals surface area contributed by atoms with E-state index in [1.165, 1.54) is 5.56 Å². The third-order valence-corrected chi connectivity index (χ3v) is 3.65. The molecule has 84 valence electrons. The summed E-state index contributed by atoms with van der Waals surface area (Å²) in [7, 11) is 1.85. The lowest BCUT2D eigenvalue weighted by molar-refractivity contribution is 0.490. The molecule has 0 aliphatic heterocycles. The van der Waals surface area contributed by atoms with E-state index in [0.717, 1.165) is 9.13 Å². The zero-order valence-corrected chi connectivity index (χ0v) is 11.3. The Kier molecular flexibility index (Phi) is 3.55. The molecule has 1 heterocycles. The lowest BCUT2D eigenvalue weighted by Gasteiger charge is -2.01. The predicted octanol–water partition coefficient (Wildman–Crippen LogP) is 2.37. The Morgan fingerprint density at radius 3 is 2.94 bits per heavy atom. The lowest BCUT2D eigenvalue weighted by Crippen LogP contribution is -2.04. The van der Waals surface area contributed by atoms with Crippen LogP contribution in [0.2, 0.25) is 0 Å². The van der Waals surface area contributed by atoms with Gasteiger partial charge in [-0.15, -0.1) is 10.2 Å². The first-order valence-corrected chi connectivity index (χ1v) is 6.02. The molecule has 0 atom stereocenters. The van der Waals surface area contributed by atoms with E-state index in [0.29, 0.717) is 18.3 Å². The number of rotatable bonds is 3. The van der Waals surface area contributed by atoms with Crippen LogP contribution in [0.3, 0.4) is 0 Å². The van der Waals surface area contributed by atoms with Crippen molar-refractivity contribution in [2.75, 3.05) is 7.05 Å². The molecule has 2 rings (SSSR count). The first-order valence-electron chi connectivity index (χ1n) is 4.95. The molecule has 0 radical (unpaired) electrons. The second-order valence-electron chi connectivity index (χ2n) is 3.47. The topological polar surface area (TPSA) is 51.0 Å². The normalized spacial score (nSPS) is 10.7. The van der Waals surface area contributed by atoms with Crippen LogP contribution in [0.15, 0.2) is 22.6 Å². The van der Waals surface area contributed by atoms with Crippen molar-refractivity contribution in [1.82, 2.24) is 15.5 Å². The SMILES string of the molecule is CNCc1nnc(-c2cccc(C)c2I)o1. The molecule has 16 heavy (non-hydrogen) atoms. The van der Waals surface area contributed by atoms with Crippen LogP contribution in [-0.4, -0.2) is 17.2 Å². The second kappa shape index (κ2) is 4.92. The molecule has 0 aliphatic rings. The fourth-order valence-corrected chi connectivity index (χ4v) is 1.99. The molecule has 1 aromatic heterocycles. The minimum Gasteiger partial charge on any atom is -0.419 e. The quantitative estimate of drug-likeness (QED) is 0.879. The summed E-state index contributed by atoms with van der Waals surface area (Å²) in [5.74, 6) is 1.19. The van der Waals surface area contributed by atoms with Gasteiger partial charge in [0.25, 0.3) is 0 Å². The lowest BCUT2D eigenvalue weighted by atomic mass is 10.1. The number of nitrogens with zero attached hydrogens (tertiary/aromatic N) is 2. The van der Waals surface area contributed by atoms with Crippen molar-refractivity contribution in [3.63, 3.8) is 0 Å². The molecule has 0 unspecified atom stereocenters. The van der Waals surface area contributed by atoms with Gasteiger partial charge in [0.15, 0.2) is 0 Å². The molecular weight excluding hydrogens is 317 g/mol. The largest absolute Gasteiger partial charge is 0.419 e. The van der Waals surface area contributed by atoms with Crippen molar-refractivity contribution in [1.29, 1.82) is 0 Å². The highest BCUT2D eigenvalue weighted by Crippen LogP contribution is 2.26. The summed E-state index contributed by atoms with van der Waals surface area (Å²) in [4.78, 5) is 0. The molecule has 0 bridgehead atoms. The van der Waals surface area contributed by atoms with Gasteiger partial charge < -0.3 is 9.73 Å². The summed E-state index contributed by atoms with van der Waals surface area (Å²) in [5, 5.41) is 11.0. The first-order chi connectivity index (χ1) is 7.72. The van der Waals surface area contributed by atoms with Crippen LogP contribution in [0.5, 0.6) is 0 Å². The van der Waals surface area contributed by atoms with E-state index in [4.69, 9.17) is 4.42 Å². The van der Waals surface area contributed by atoms with Crippen molar-refractivity contribution in [2.45, 2.75) is 13.5 Å². The van der Waals surface area contributed by atoms with E-state index in [-0.39, 0.29) is 0 Å². The fraction of sp³-hybridized carbons (Fsp3) is 0.273. The Balaban J connectivity index is 2.39. The second-order valence-corrected chi connectivity index (χ2v) is 4.55. The van der Waals surface area contributed by atoms with Gasteiger partial charge in [0.1, 0.15) is 0 Å². The van der Waals surface area contributed by atoms with E-state index in [1.807, 2.05) is 19.2 Å². The molecule has 4 nitrogen and oxygen atoms in total. The molecule has 1 aromatic carbocycles. The number of halogens is 1. The van der Waals surface area contributed by atoms with E-state index in [9.17, 15) is 0 Å². The van der Waals surface area contributed by atoms with Gasteiger partial charge in [-0.3, -0.25) is 0 Å². The number of nitrogens with one attached hydrogen (secondary N) is 1. The molecule has 0 saturated carbocycles. The van der Waals surface area contributed by atoms with Crippen LogP contribution in [0.1, 0.15) is 11.5 Å². The van der Waals surface area contributed by atoms with E-state index < -0.39 is 0 Å². The van der Waals surface area contributed by atoms with E-state index in [1.54, 1.807) is 0 Å². The smallest absolute Gasteiger partial charge is 0.248 e. The predicted molar refractivity (Wildman–Crippen MR) is 70.0 cm³/mol. The Morgan fingerprint density at radius 1 is 1.38 bits per heavy atom. The van der Waals surface area contributed by atoms with Gasteiger partial charge in [-0.05, 0) is 48.2 Å². The zero-order chi connectivity index (χ0) is 11.5. The summed E-state index contributed by atoms with van der Waals surface area (Å²) in [6, 6.07) is 6.05. The average Bonchev–Trinajstić information content (AvgIpc) is 2.71. The summed E-state index contributed by atoms with van der Waals surface area (Å²) >= 11 is 2.30. The van der Waals surface area contributed by atoms with Gasteiger partial charge in [-0.1, -0.05) is 12.1 Å². The van der Waals surface area contributed by atoms with Crippen LogP contribution in [0, 0.1) is 10.5 Å². The van der Waals surface area contributed by atoms with E-state index in [2.05, 4.69) is 51.1 Å². The van der Waals surface area contributed by atoms with Crippen LogP contribution >= 0.6 is 22.6 Å². The van der Waals surface area contributed by atoms with Gasteiger partial charge >= 0.3 is 0 Å². The highest BCUT2D eigenvalue weighted by molar-refractivity contribution is 14.1. The third kappa shape index (κ3) is 2.25. The fourth-order valence-electron chi connectivity index (χ4n) is 1.40. The van der Waals surface area contributed by atoms with Gasteiger partial charge in [-0.25, -0.2) is 0 Å². The van der Waals surface area contributed by atoms with Crippen molar-refractivity contribution in [2.24, 2.45) is 0 Å². The molecule has 1 N–H and O–H groups in total. The number of aromatic nitrogens is 2. The average molecular weight is 329 g/mol. The van der Waals surface area contributed by atoms with Crippen molar-refractivity contribution < 1.29 is 4.42 Å². The highest BCUT2D eigenvalue weighted by atomic mass is 127. The standard InChI is InChI=1S/C11H12IN3O/c1-7-4-3-5-8(10(7)12)11-15-14-9(16-11)6-13-2/h3-5,13H,6H2,1-2H3. The summed E-state index contributed by atoms with van der Waals surface area (Å²) in [5.41, 5.74) is 2.21. The molecule has 0 fully saturated rings. The van der Waals surface area contributed by atoms with Crippen LogP contribution in [0.25, 0.3) is 11.5 Å². The first kappa shape index (κ1) is 11.5. The summed E-state index contributed by atoms with van der Waals surface area (Å²) < 4.78 is 6.71. The molecule has 0 spiro atoms. The van der Waals surface area contributed by atoms with Crippen LogP contribution in [0.4, 0.5) is 0 Å². The molecule has 5 heteroatoms. The number of hydrogen-bond acceptors (Lipinski definition) is 4. The maximum absolute atomic E-state index is 5.56. The number of benzene rings is 1. The summed E-state index contributed by atoms with van der Waals surface area (Å²) in [6.45, 7) is 2.66. The number of hydrogen-bond donors (Lipinski definition) is 1. The maximum Gasteiger partial charge on any atom is 0.248 e. The van der Waals surface area contributed by atoms with Crippen molar-refractivity contribution in [3.05, 3.63) is 33.2 Å². The van der Waals surface area contributed by atoms with Crippen LogP contribution < -0.4 is 5.32 Å². The van der Waals surface area contributed by atoms with Gasteiger partial charge in [0.05, 0.1) is 12.1 Å².